The Kier molecular flexibility index (Phi) is 7.99. The van der Waals surface area contributed by atoms with Crippen molar-refractivity contribution in [3.63, 3.8) is 0 Å². The lowest BCUT2D eigenvalue weighted by Crippen LogP contribution is -2.06. The van der Waals surface area contributed by atoms with Crippen LogP contribution in [0.15, 0.2) is 24.3 Å². The maximum Gasteiger partial charge on any atom is 0.0613 e. The minimum absolute atomic E-state index is 0.814. The molecule has 0 radical (unpaired) electrons. The third kappa shape index (κ3) is 6.34. The molecule has 0 saturated heterocycles. The maximum absolute atomic E-state index is 3.49. The minimum Gasteiger partial charge on any atom is -0.376 e. The zero-order chi connectivity index (χ0) is 13.2. The summed E-state index contributed by atoms with van der Waals surface area (Å²) in [6.07, 6.45) is 6.73. The predicted octanol–water partition coefficient (Wildman–Crippen LogP) is 5.46. The largest absolute Gasteiger partial charge is 0.376 e. The van der Waals surface area contributed by atoms with E-state index in [2.05, 4.69) is 62.1 Å². The molecule has 2 heteroatoms. The van der Waals surface area contributed by atoms with Gasteiger partial charge in [0, 0.05) is 10.9 Å². The summed E-state index contributed by atoms with van der Waals surface area (Å²) in [6, 6.07) is 8.64. The Labute approximate surface area is 117 Å². The van der Waals surface area contributed by atoms with Gasteiger partial charge in [-0.2, -0.15) is 0 Å². The fourth-order valence-electron chi connectivity index (χ4n) is 1.94. The van der Waals surface area contributed by atoms with E-state index in [9.17, 15) is 0 Å². The highest BCUT2D eigenvalue weighted by molar-refractivity contribution is 7.99. The molecular formula is C16H27NS. The summed E-state index contributed by atoms with van der Waals surface area (Å²) >= 11 is 2.06. The molecule has 18 heavy (non-hydrogen) atoms. The van der Waals surface area contributed by atoms with Gasteiger partial charge >= 0.3 is 0 Å². The van der Waals surface area contributed by atoms with Crippen molar-refractivity contribution in [1.82, 2.24) is 0 Å². The normalized spacial score (nSPS) is 12.4. The van der Waals surface area contributed by atoms with Gasteiger partial charge in [-0.15, -0.1) is 11.8 Å². The highest BCUT2D eigenvalue weighted by Gasteiger charge is 2.05. The van der Waals surface area contributed by atoms with E-state index in [1.807, 2.05) is 0 Å². The van der Waals surface area contributed by atoms with Gasteiger partial charge in [-0.25, -0.2) is 0 Å². The number of benzene rings is 1. The average molecular weight is 265 g/mol. The van der Waals surface area contributed by atoms with E-state index >= 15 is 0 Å². The number of rotatable bonds is 9. The number of unbranched alkanes of at least 4 members (excludes halogenated alkanes) is 2. The van der Waals surface area contributed by atoms with E-state index in [0.29, 0.717) is 0 Å². The van der Waals surface area contributed by atoms with Crippen molar-refractivity contribution in [2.75, 3.05) is 11.2 Å². The van der Waals surface area contributed by atoms with Gasteiger partial charge in [0.25, 0.3) is 0 Å². The SMILES string of the molecule is CCCCC[C@@H](CC)SCNc1ccc(C)cc1. The van der Waals surface area contributed by atoms with Gasteiger partial charge in [0.1, 0.15) is 0 Å². The summed E-state index contributed by atoms with van der Waals surface area (Å²) in [4.78, 5) is 0. The van der Waals surface area contributed by atoms with Crippen LogP contribution in [0.1, 0.15) is 51.5 Å². The predicted molar refractivity (Wildman–Crippen MR) is 85.5 cm³/mol. The Morgan fingerprint density at radius 2 is 1.83 bits per heavy atom. The highest BCUT2D eigenvalue weighted by atomic mass is 32.2. The Morgan fingerprint density at radius 1 is 1.11 bits per heavy atom. The Balaban J connectivity index is 2.20. The molecule has 1 aromatic carbocycles. The molecule has 0 saturated carbocycles. The van der Waals surface area contributed by atoms with Gasteiger partial charge in [-0.1, -0.05) is 50.8 Å². The maximum atomic E-state index is 3.49. The van der Waals surface area contributed by atoms with Crippen molar-refractivity contribution in [1.29, 1.82) is 0 Å². The van der Waals surface area contributed by atoms with E-state index < -0.39 is 0 Å². The number of nitrogens with one attached hydrogen (secondary N) is 1. The Hall–Kier alpha value is -0.630. The van der Waals surface area contributed by atoms with Gasteiger partial charge in [-0.3, -0.25) is 0 Å². The van der Waals surface area contributed by atoms with E-state index in [0.717, 1.165) is 11.1 Å². The van der Waals surface area contributed by atoms with E-state index in [-0.39, 0.29) is 0 Å². The van der Waals surface area contributed by atoms with Crippen LogP contribution in [0.3, 0.4) is 0 Å². The monoisotopic (exact) mass is 265 g/mol. The smallest absolute Gasteiger partial charge is 0.0613 e. The lowest BCUT2D eigenvalue weighted by atomic mass is 10.1. The third-order valence-corrected chi connectivity index (χ3v) is 4.58. The summed E-state index contributed by atoms with van der Waals surface area (Å²) in [6.45, 7) is 6.70. The molecule has 0 unspecified atom stereocenters. The second-order valence-electron chi connectivity index (χ2n) is 4.88. The zero-order valence-corrected chi connectivity index (χ0v) is 12.9. The highest BCUT2D eigenvalue weighted by Crippen LogP contribution is 2.21. The second kappa shape index (κ2) is 9.32. The minimum atomic E-state index is 0.814. The molecule has 1 nitrogen and oxygen atoms in total. The van der Waals surface area contributed by atoms with Gasteiger partial charge < -0.3 is 5.32 Å². The van der Waals surface area contributed by atoms with Crippen molar-refractivity contribution in [2.45, 2.75) is 58.1 Å². The molecule has 1 aromatic rings. The molecule has 0 aromatic heterocycles. The van der Waals surface area contributed by atoms with Crippen LogP contribution in [0.25, 0.3) is 0 Å². The summed E-state index contributed by atoms with van der Waals surface area (Å²) in [5.74, 6) is 1.02. The molecule has 0 aliphatic carbocycles. The summed E-state index contributed by atoms with van der Waals surface area (Å²) in [7, 11) is 0. The summed E-state index contributed by atoms with van der Waals surface area (Å²) in [5.41, 5.74) is 2.55. The van der Waals surface area contributed by atoms with Crippen LogP contribution < -0.4 is 5.32 Å². The van der Waals surface area contributed by atoms with Crippen LogP contribution in [0, 0.1) is 6.92 Å². The molecule has 0 heterocycles. The quantitative estimate of drug-likeness (QED) is 0.470. The number of hydrogen-bond donors (Lipinski definition) is 1. The molecule has 0 aliphatic heterocycles. The van der Waals surface area contributed by atoms with Crippen LogP contribution in [0.5, 0.6) is 0 Å². The fraction of sp³-hybridized carbons (Fsp3) is 0.625. The molecular weight excluding hydrogens is 238 g/mol. The average Bonchev–Trinajstić information content (AvgIpc) is 2.39. The lowest BCUT2D eigenvalue weighted by molar-refractivity contribution is 0.636. The van der Waals surface area contributed by atoms with Crippen LogP contribution in [-0.4, -0.2) is 11.1 Å². The van der Waals surface area contributed by atoms with Gasteiger partial charge in [0.2, 0.25) is 0 Å². The number of anilines is 1. The van der Waals surface area contributed by atoms with Crippen molar-refractivity contribution in [3.8, 4) is 0 Å². The molecule has 0 amide bonds. The van der Waals surface area contributed by atoms with Gasteiger partial charge in [-0.05, 0) is 31.9 Å². The van der Waals surface area contributed by atoms with Crippen LogP contribution in [0.4, 0.5) is 5.69 Å². The molecule has 102 valence electrons. The van der Waals surface area contributed by atoms with Crippen molar-refractivity contribution >= 4 is 17.4 Å². The number of hydrogen-bond acceptors (Lipinski definition) is 2. The van der Waals surface area contributed by atoms with Gasteiger partial charge in [0.05, 0.1) is 5.88 Å². The molecule has 1 N–H and O–H groups in total. The first-order chi connectivity index (χ1) is 8.76. The van der Waals surface area contributed by atoms with Crippen LogP contribution in [0.2, 0.25) is 0 Å². The molecule has 0 aliphatic rings. The standard InChI is InChI=1S/C16H27NS/c1-4-6-7-8-16(5-2)18-13-17-15-11-9-14(3)10-12-15/h9-12,16-17H,4-8,13H2,1-3H3/t16-/m1/s1. The fourth-order valence-corrected chi connectivity index (χ4v) is 3.00. The van der Waals surface area contributed by atoms with Crippen LogP contribution in [-0.2, 0) is 0 Å². The summed E-state index contributed by atoms with van der Waals surface area (Å²) in [5, 5.41) is 4.30. The third-order valence-electron chi connectivity index (χ3n) is 3.23. The Morgan fingerprint density at radius 3 is 2.44 bits per heavy atom. The van der Waals surface area contributed by atoms with E-state index in [1.165, 1.54) is 43.4 Å². The van der Waals surface area contributed by atoms with Gasteiger partial charge in [0.15, 0.2) is 0 Å². The molecule has 0 bridgehead atoms. The van der Waals surface area contributed by atoms with E-state index in [1.54, 1.807) is 0 Å². The molecule has 0 fully saturated rings. The van der Waals surface area contributed by atoms with E-state index in [4.69, 9.17) is 0 Å². The second-order valence-corrected chi connectivity index (χ2v) is 6.17. The zero-order valence-electron chi connectivity index (χ0n) is 12.0. The van der Waals surface area contributed by atoms with Crippen molar-refractivity contribution in [3.05, 3.63) is 29.8 Å². The first-order valence-electron chi connectivity index (χ1n) is 7.18. The molecule has 1 atom stereocenters. The first-order valence-corrected chi connectivity index (χ1v) is 8.23. The number of aryl methyl sites for hydroxylation is 1. The van der Waals surface area contributed by atoms with Crippen LogP contribution >= 0.6 is 11.8 Å². The van der Waals surface area contributed by atoms with Crippen molar-refractivity contribution < 1.29 is 0 Å². The molecule has 1 rings (SSSR count). The molecule has 0 spiro atoms. The topological polar surface area (TPSA) is 12.0 Å². The summed E-state index contributed by atoms with van der Waals surface area (Å²) < 4.78 is 0. The number of thioether (sulfide) groups is 1. The lowest BCUT2D eigenvalue weighted by Gasteiger charge is -2.15. The van der Waals surface area contributed by atoms with Crippen molar-refractivity contribution in [2.24, 2.45) is 0 Å². The first kappa shape index (κ1) is 15.4. The Bertz CT molecular complexity index is 307.